The van der Waals surface area contributed by atoms with Crippen LogP contribution in [0.15, 0.2) is 11.4 Å². The smallest absolute Gasteiger partial charge is 0.330 e. The summed E-state index contributed by atoms with van der Waals surface area (Å²) in [7, 11) is 0. The lowest BCUT2D eigenvalue weighted by molar-refractivity contribution is 0.207. The van der Waals surface area contributed by atoms with Crippen molar-refractivity contribution in [2.24, 2.45) is 0 Å². The molecule has 0 aliphatic carbocycles. The van der Waals surface area contributed by atoms with Gasteiger partial charge in [-0.25, -0.2) is 14.5 Å². The lowest BCUT2D eigenvalue weighted by atomic mass is 10.1. The Balaban J connectivity index is 2.03. The van der Waals surface area contributed by atoms with Crippen molar-refractivity contribution in [1.29, 1.82) is 0 Å². The number of anilines is 1. The SMILES string of the molecule is CC1(C)CN(C(=O)Nc2[c]ccs2)C(=O)N1. The van der Waals surface area contributed by atoms with Crippen molar-refractivity contribution in [2.75, 3.05) is 11.9 Å². The van der Waals surface area contributed by atoms with Crippen molar-refractivity contribution in [3.8, 4) is 0 Å². The summed E-state index contributed by atoms with van der Waals surface area (Å²) in [6, 6.07) is 3.79. The molecule has 0 bridgehead atoms. The molecule has 1 aromatic rings. The zero-order valence-electron chi connectivity index (χ0n) is 9.03. The Bertz CT molecular complexity index is 414. The number of nitrogens with zero attached hydrogens (tertiary/aromatic N) is 1. The lowest BCUT2D eigenvalue weighted by Gasteiger charge is -2.16. The van der Waals surface area contributed by atoms with Gasteiger partial charge >= 0.3 is 12.1 Å². The van der Waals surface area contributed by atoms with E-state index in [4.69, 9.17) is 0 Å². The van der Waals surface area contributed by atoms with Crippen molar-refractivity contribution in [2.45, 2.75) is 19.4 Å². The van der Waals surface area contributed by atoms with E-state index < -0.39 is 6.03 Å². The predicted octanol–water partition coefficient (Wildman–Crippen LogP) is 1.88. The average Bonchev–Trinajstić information content (AvgIpc) is 2.73. The van der Waals surface area contributed by atoms with Crippen LogP contribution in [-0.2, 0) is 0 Å². The molecule has 2 heterocycles. The fourth-order valence-electron chi connectivity index (χ4n) is 1.50. The number of thiophene rings is 1. The van der Waals surface area contributed by atoms with Crippen LogP contribution in [0.25, 0.3) is 0 Å². The number of rotatable bonds is 1. The van der Waals surface area contributed by atoms with Crippen LogP contribution < -0.4 is 10.6 Å². The van der Waals surface area contributed by atoms with Gasteiger partial charge in [-0.05, 0) is 25.3 Å². The van der Waals surface area contributed by atoms with E-state index in [9.17, 15) is 9.59 Å². The first-order valence-electron chi connectivity index (χ1n) is 4.84. The molecule has 0 aromatic carbocycles. The molecule has 1 aliphatic rings. The highest BCUT2D eigenvalue weighted by Crippen LogP contribution is 2.18. The monoisotopic (exact) mass is 238 g/mol. The highest BCUT2D eigenvalue weighted by atomic mass is 32.1. The van der Waals surface area contributed by atoms with Crippen LogP contribution in [0.5, 0.6) is 0 Å². The van der Waals surface area contributed by atoms with Gasteiger partial charge in [0.15, 0.2) is 0 Å². The Morgan fingerprint density at radius 3 is 2.94 bits per heavy atom. The highest BCUT2D eigenvalue weighted by molar-refractivity contribution is 7.14. The van der Waals surface area contributed by atoms with Gasteiger partial charge in [0.05, 0.1) is 12.1 Å². The molecule has 85 valence electrons. The van der Waals surface area contributed by atoms with E-state index in [0.717, 1.165) is 4.90 Å². The number of carbonyl (C=O) groups excluding carboxylic acids is 2. The van der Waals surface area contributed by atoms with Gasteiger partial charge in [-0.1, -0.05) is 0 Å². The molecule has 1 radical (unpaired) electrons. The number of imide groups is 1. The number of nitrogens with one attached hydrogen (secondary N) is 2. The van der Waals surface area contributed by atoms with Gasteiger partial charge in [0.25, 0.3) is 0 Å². The van der Waals surface area contributed by atoms with Crippen LogP contribution in [0.3, 0.4) is 0 Å². The molecule has 1 saturated heterocycles. The maximum absolute atomic E-state index is 11.8. The van der Waals surface area contributed by atoms with Crippen molar-refractivity contribution >= 4 is 28.4 Å². The van der Waals surface area contributed by atoms with Gasteiger partial charge in [0.2, 0.25) is 0 Å². The van der Waals surface area contributed by atoms with Crippen LogP contribution in [0, 0.1) is 6.07 Å². The first-order valence-corrected chi connectivity index (χ1v) is 5.72. The third kappa shape index (κ3) is 2.16. The minimum absolute atomic E-state index is 0.362. The minimum Gasteiger partial charge on any atom is -0.331 e. The van der Waals surface area contributed by atoms with Gasteiger partial charge in [0.1, 0.15) is 5.00 Å². The summed E-state index contributed by atoms with van der Waals surface area (Å²) >= 11 is 1.37. The van der Waals surface area contributed by atoms with E-state index >= 15 is 0 Å². The number of urea groups is 2. The first kappa shape index (κ1) is 10.9. The van der Waals surface area contributed by atoms with Gasteiger partial charge < -0.3 is 5.32 Å². The Morgan fingerprint density at radius 1 is 1.69 bits per heavy atom. The third-order valence-corrected chi connectivity index (χ3v) is 2.91. The standard InChI is InChI=1S/C10H12N3O2S/c1-10(2)6-13(9(15)12-10)8(14)11-7-4-3-5-16-7/h3,5H,6H2,1-2H3,(H,11,14)(H,12,15). The Kier molecular flexibility index (Phi) is 2.59. The molecule has 0 saturated carbocycles. The van der Waals surface area contributed by atoms with Crippen LogP contribution >= 0.6 is 11.3 Å². The zero-order chi connectivity index (χ0) is 11.8. The van der Waals surface area contributed by atoms with Crippen LogP contribution in [0.2, 0.25) is 0 Å². The van der Waals surface area contributed by atoms with Gasteiger partial charge in [-0.15, -0.1) is 11.3 Å². The summed E-state index contributed by atoms with van der Waals surface area (Å²) in [5.41, 5.74) is -0.367. The number of amides is 4. The zero-order valence-corrected chi connectivity index (χ0v) is 9.85. The molecule has 1 aliphatic heterocycles. The largest absolute Gasteiger partial charge is 0.331 e. The van der Waals surface area contributed by atoms with E-state index in [1.165, 1.54) is 11.3 Å². The summed E-state index contributed by atoms with van der Waals surface area (Å²) in [6.07, 6.45) is 0. The number of hydrogen-bond acceptors (Lipinski definition) is 3. The number of hydrogen-bond donors (Lipinski definition) is 2. The summed E-state index contributed by atoms with van der Waals surface area (Å²) in [5, 5.41) is 7.77. The molecule has 5 nitrogen and oxygen atoms in total. The Labute approximate surface area is 97.4 Å². The fraction of sp³-hybridized carbons (Fsp3) is 0.400. The number of carbonyl (C=O) groups is 2. The quantitative estimate of drug-likeness (QED) is 0.784. The topological polar surface area (TPSA) is 61.4 Å². The first-order chi connectivity index (χ1) is 7.48. The molecule has 4 amide bonds. The second-order valence-electron chi connectivity index (χ2n) is 4.22. The Morgan fingerprint density at radius 2 is 2.44 bits per heavy atom. The second kappa shape index (κ2) is 3.79. The summed E-state index contributed by atoms with van der Waals surface area (Å²) in [5.74, 6) is 0. The molecule has 2 rings (SSSR count). The molecule has 0 unspecified atom stereocenters. The molecule has 0 atom stereocenters. The van der Waals surface area contributed by atoms with Crippen LogP contribution in [0.1, 0.15) is 13.8 Å². The van der Waals surface area contributed by atoms with Gasteiger partial charge in [0, 0.05) is 6.07 Å². The predicted molar refractivity (Wildman–Crippen MR) is 61.5 cm³/mol. The van der Waals surface area contributed by atoms with E-state index in [-0.39, 0.29) is 11.6 Å². The van der Waals surface area contributed by atoms with Gasteiger partial charge in [-0.3, -0.25) is 5.32 Å². The third-order valence-electron chi connectivity index (χ3n) is 2.18. The average molecular weight is 238 g/mol. The summed E-state index contributed by atoms with van der Waals surface area (Å²) < 4.78 is 0. The van der Waals surface area contributed by atoms with Crippen molar-refractivity contribution in [3.05, 3.63) is 17.5 Å². The fourth-order valence-corrected chi connectivity index (χ4v) is 2.06. The van der Waals surface area contributed by atoms with Crippen LogP contribution in [-0.4, -0.2) is 29.0 Å². The molecular formula is C10H12N3O2S. The lowest BCUT2D eigenvalue weighted by Crippen LogP contribution is -2.37. The molecule has 2 N–H and O–H groups in total. The normalized spacial score (nSPS) is 18.4. The summed E-state index contributed by atoms with van der Waals surface area (Å²) in [4.78, 5) is 24.4. The van der Waals surface area contributed by atoms with Crippen molar-refractivity contribution < 1.29 is 9.59 Å². The maximum atomic E-state index is 11.8. The van der Waals surface area contributed by atoms with E-state index in [0.29, 0.717) is 11.5 Å². The van der Waals surface area contributed by atoms with Crippen molar-refractivity contribution in [3.63, 3.8) is 0 Å². The molecule has 16 heavy (non-hydrogen) atoms. The van der Waals surface area contributed by atoms with Gasteiger partial charge in [-0.2, -0.15) is 0 Å². The highest BCUT2D eigenvalue weighted by Gasteiger charge is 2.38. The molecular weight excluding hydrogens is 226 g/mol. The van der Waals surface area contributed by atoms with Crippen molar-refractivity contribution in [1.82, 2.24) is 10.2 Å². The molecule has 0 spiro atoms. The molecule has 1 aromatic heterocycles. The maximum Gasteiger partial charge on any atom is 0.330 e. The van der Waals surface area contributed by atoms with E-state index in [1.807, 2.05) is 19.2 Å². The Hall–Kier alpha value is -1.56. The summed E-state index contributed by atoms with van der Waals surface area (Å²) in [6.45, 7) is 4.11. The van der Waals surface area contributed by atoms with E-state index in [2.05, 4.69) is 16.7 Å². The molecule has 1 fully saturated rings. The van der Waals surface area contributed by atoms with Crippen LogP contribution in [0.4, 0.5) is 14.6 Å². The minimum atomic E-state index is -0.415. The van der Waals surface area contributed by atoms with E-state index in [1.54, 1.807) is 6.07 Å². The molecule has 6 heteroatoms. The second-order valence-corrected chi connectivity index (χ2v) is 5.14.